The van der Waals surface area contributed by atoms with E-state index in [0.717, 1.165) is 24.2 Å². The number of fused-ring (bicyclic) bond motifs is 2. The van der Waals surface area contributed by atoms with Crippen molar-refractivity contribution in [2.24, 2.45) is 5.92 Å². The van der Waals surface area contributed by atoms with E-state index in [9.17, 15) is 9.90 Å². The number of pyridine rings is 1. The molecule has 1 aromatic heterocycles. The van der Waals surface area contributed by atoms with Crippen LogP contribution in [0.1, 0.15) is 24.5 Å². The van der Waals surface area contributed by atoms with Crippen molar-refractivity contribution in [2.45, 2.75) is 49.3 Å². The molecular weight excluding hydrogens is 362 g/mol. The van der Waals surface area contributed by atoms with Crippen molar-refractivity contribution in [3.63, 3.8) is 0 Å². The number of aliphatic hydroxyl groups is 1. The molecule has 2 saturated heterocycles. The molecule has 1 saturated carbocycles. The average molecular weight is 387 g/mol. The van der Waals surface area contributed by atoms with Crippen molar-refractivity contribution in [3.8, 4) is 0 Å². The summed E-state index contributed by atoms with van der Waals surface area (Å²) >= 11 is 0. The first-order chi connectivity index (χ1) is 13.7. The first-order valence-electron chi connectivity index (χ1n) is 9.62. The van der Waals surface area contributed by atoms with Crippen molar-refractivity contribution in [3.05, 3.63) is 41.9 Å². The lowest BCUT2D eigenvalue weighted by Gasteiger charge is -2.42. The van der Waals surface area contributed by atoms with Crippen LogP contribution in [-0.4, -0.2) is 58.7 Å². The van der Waals surface area contributed by atoms with Gasteiger partial charge < -0.3 is 15.2 Å². The van der Waals surface area contributed by atoms with E-state index in [0.29, 0.717) is 0 Å². The van der Waals surface area contributed by atoms with Crippen LogP contribution >= 0.6 is 0 Å². The quantitative estimate of drug-likeness (QED) is 0.365. The SMILES string of the molecule is COC1C(C2=CC(=O)N3NC(O)C(c4ccccn4)C3N2)CCC2NNNC21. The van der Waals surface area contributed by atoms with Gasteiger partial charge in [0, 0.05) is 37.0 Å². The highest BCUT2D eigenvalue weighted by Gasteiger charge is 2.50. The number of methoxy groups -OCH3 is 1. The molecule has 0 radical (unpaired) electrons. The van der Waals surface area contributed by atoms with E-state index in [-0.39, 0.29) is 35.9 Å². The maximum atomic E-state index is 12.8. The second-order valence-corrected chi connectivity index (χ2v) is 7.68. The molecule has 3 fully saturated rings. The molecule has 1 amide bonds. The number of rotatable bonds is 3. The summed E-state index contributed by atoms with van der Waals surface area (Å²) in [6, 6.07) is 5.98. The van der Waals surface area contributed by atoms with Crippen LogP contribution in [-0.2, 0) is 9.53 Å². The Labute approximate surface area is 162 Å². The summed E-state index contributed by atoms with van der Waals surface area (Å²) in [6.07, 6.45) is 3.75. The Morgan fingerprint density at radius 1 is 1.29 bits per heavy atom. The lowest BCUT2D eigenvalue weighted by molar-refractivity contribution is -0.132. The van der Waals surface area contributed by atoms with Gasteiger partial charge in [0.05, 0.1) is 23.8 Å². The number of aromatic nitrogens is 1. The second kappa shape index (κ2) is 7.07. The molecule has 28 heavy (non-hydrogen) atoms. The predicted octanol–water partition coefficient (Wildman–Crippen LogP) is -1.58. The van der Waals surface area contributed by atoms with Crippen LogP contribution in [0.25, 0.3) is 0 Å². The number of amides is 1. The molecule has 4 heterocycles. The van der Waals surface area contributed by atoms with Gasteiger partial charge in [0.25, 0.3) is 5.91 Å². The number of hydrogen-bond acceptors (Lipinski definition) is 9. The molecule has 1 aliphatic carbocycles. The normalized spacial score (nSPS) is 39.9. The number of aliphatic hydroxyl groups excluding tert-OH is 1. The van der Waals surface area contributed by atoms with Crippen LogP contribution in [0.2, 0.25) is 0 Å². The van der Waals surface area contributed by atoms with Crippen molar-refractivity contribution in [1.82, 2.24) is 37.1 Å². The maximum Gasteiger partial charge on any atom is 0.264 e. The van der Waals surface area contributed by atoms with E-state index in [1.807, 2.05) is 18.2 Å². The third-order valence-corrected chi connectivity index (χ3v) is 6.23. The molecule has 5 rings (SSSR count). The number of carbonyl (C=O) groups excluding carboxylic acids is 1. The Kier molecular flexibility index (Phi) is 4.54. The van der Waals surface area contributed by atoms with Gasteiger partial charge in [-0.3, -0.25) is 9.78 Å². The first-order valence-corrected chi connectivity index (χ1v) is 9.62. The molecule has 0 bridgehead atoms. The number of ether oxygens (including phenoxy) is 1. The molecule has 7 atom stereocenters. The smallest absolute Gasteiger partial charge is 0.264 e. The van der Waals surface area contributed by atoms with E-state index in [1.165, 1.54) is 5.01 Å². The van der Waals surface area contributed by atoms with Gasteiger partial charge in [0.1, 0.15) is 12.4 Å². The lowest BCUT2D eigenvalue weighted by Crippen LogP contribution is -2.58. The minimum absolute atomic E-state index is 0.0497. The predicted molar refractivity (Wildman–Crippen MR) is 98.5 cm³/mol. The zero-order valence-electron chi connectivity index (χ0n) is 15.5. The minimum atomic E-state index is -0.900. The highest BCUT2D eigenvalue weighted by Crippen LogP contribution is 2.37. The maximum absolute atomic E-state index is 12.8. The van der Waals surface area contributed by atoms with Crippen LogP contribution in [0.4, 0.5) is 0 Å². The van der Waals surface area contributed by atoms with Crippen LogP contribution in [0.5, 0.6) is 0 Å². The van der Waals surface area contributed by atoms with Gasteiger partial charge in [-0.2, -0.15) is 5.53 Å². The van der Waals surface area contributed by atoms with E-state index >= 15 is 0 Å². The molecule has 6 N–H and O–H groups in total. The standard InChI is InChI=1S/C18H25N7O3/c1-28-16-9(5-6-11-15(16)22-24-21-11)12-8-13(26)25-17(20-12)14(18(27)23-25)10-4-2-3-7-19-10/h2-4,7-9,11,14-18,20-24,27H,5-6H2,1H3. The van der Waals surface area contributed by atoms with E-state index in [1.54, 1.807) is 19.4 Å². The molecule has 4 aliphatic rings. The molecule has 150 valence electrons. The van der Waals surface area contributed by atoms with Crippen molar-refractivity contribution < 1.29 is 14.6 Å². The van der Waals surface area contributed by atoms with Gasteiger partial charge in [0.2, 0.25) is 0 Å². The zero-order valence-corrected chi connectivity index (χ0v) is 15.5. The Morgan fingerprint density at radius 2 is 2.18 bits per heavy atom. The molecular formula is C18H25N7O3. The van der Waals surface area contributed by atoms with Gasteiger partial charge in [-0.25, -0.2) is 21.3 Å². The highest BCUT2D eigenvalue weighted by molar-refractivity contribution is 5.89. The molecule has 0 spiro atoms. The Bertz CT molecular complexity index is 776. The van der Waals surface area contributed by atoms with Crippen LogP contribution in [0.15, 0.2) is 36.2 Å². The first kappa shape index (κ1) is 18.0. The molecule has 3 aliphatic heterocycles. The number of carbonyl (C=O) groups is 1. The summed E-state index contributed by atoms with van der Waals surface area (Å²) in [7, 11) is 1.70. The average Bonchev–Trinajstić information content (AvgIpc) is 3.31. The van der Waals surface area contributed by atoms with Crippen molar-refractivity contribution >= 4 is 5.91 Å². The summed E-state index contributed by atoms with van der Waals surface area (Å²) in [6.45, 7) is 0. The zero-order chi connectivity index (χ0) is 19.3. The molecule has 0 aromatic carbocycles. The van der Waals surface area contributed by atoms with Gasteiger partial charge in [-0.15, -0.1) is 0 Å². The van der Waals surface area contributed by atoms with Crippen molar-refractivity contribution in [1.29, 1.82) is 0 Å². The number of hydrogen-bond donors (Lipinski definition) is 6. The van der Waals surface area contributed by atoms with Gasteiger partial charge in [-0.05, 0) is 25.0 Å². The topological polar surface area (TPSA) is 123 Å². The number of nitrogens with one attached hydrogen (secondary N) is 5. The third-order valence-electron chi connectivity index (χ3n) is 6.23. The Morgan fingerprint density at radius 3 is 2.96 bits per heavy atom. The van der Waals surface area contributed by atoms with Crippen LogP contribution in [0, 0.1) is 5.92 Å². The van der Waals surface area contributed by atoms with Crippen LogP contribution in [0.3, 0.4) is 0 Å². The largest absolute Gasteiger partial charge is 0.379 e. The summed E-state index contributed by atoms with van der Waals surface area (Å²) in [5.41, 5.74) is 13.9. The summed E-state index contributed by atoms with van der Waals surface area (Å²) < 4.78 is 5.82. The van der Waals surface area contributed by atoms with Crippen molar-refractivity contribution in [2.75, 3.05) is 7.11 Å². The van der Waals surface area contributed by atoms with Gasteiger partial charge in [0.15, 0.2) is 0 Å². The second-order valence-electron chi connectivity index (χ2n) is 7.68. The fourth-order valence-electron chi connectivity index (χ4n) is 4.91. The Balaban J connectivity index is 1.43. The number of hydrazine groups is 3. The van der Waals surface area contributed by atoms with Crippen LogP contribution < -0.4 is 27.1 Å². The third kappa shape index (κ3) is 2.81. The summed E-state index contributed by atoms with van der Waals surface area (Å²) in [4.78, 5) is 17.2. The Hall–Kier alpha value is -2.08. The fraction of sp³-hybridized carbons (Fsp3) is 0.556. The summed E-state index contributed by atoms with van der Waals surface area (Å²) in [5, 5.41) is 15.5. The fourth-order valence-corrected chi connectivity index (χ4v) is 4.91. The molecule has 1 aromatic rings. The van der Waals surface area contributed by atoms with E-state index < -0.39 is 12.4 Å². The van der Waals surface area contributed by atoms with E-state index in [2.05, 4.69) is 32.1 Å². The lowest BCUT2D eigenvalue weighted by atomic mass is 9.78. The monoisotopic (exact) mass is 387 g/mol. The van der Waals surface area contributed by atoms with Gasteiger partial charge >= 0.3 is 0 Å². The summed E-state index contributed by atoms with van der Waals surface area (Å²) in [5.74, 6) is -0.503. The van der Waals surface area contributed by atoms with Gasteiger partial charge in [-0.1, -0.05) is 6.07 Å². The molecule has 10 nitrogen and oxygen atoms in total. The number of nitrogens with zero attached hydrogens (tertiary/aromatic N) is 2. The minimum Gasteiger partial charge on any atom is -0.379 e. The highest BCUT2D eigenvalue weighted by atomic mass is 16.5. The van der Waals surface area contributed by atoms with E-state index in [4.69, 9.17) is 4.74 Å². The molecule has 7 unspecified atom stereocenters. The molecule has 10 heteroatoms.